The van der Waals surface area contributed by atoms with Gasteiger partial charge in [0.05, 0.1) is 0 Å². The fourth-order valence-corrected chi connectivity index (χ4v) is 4.97. The molecular weight excluding hydrogens is 209 g/mol. The molecule has 64 valence electrons. The highest BCUT2D eigenvalue weighted by molar-refractivity contribution is 7.54. The Morgan fingerprint density at radius 2 is 1.67 bits per heavy atom. The van der Waals surface area contributed by atoms with Gasteiger partial charge in [-0.3, -0.25) is 0 Å². The molecule has 1 fully saturated rings. The van der Waals surface area contributed by atoms with E-state index in [4.69, 9.17) is 0 Å². The molecule has 0 aromatic carbocycles. The van der Waals surface area contributed by atoms with Gasteiger partial charge in [-0.25, -0.2) is 0 Å². The van der Waals surface area contributed by atoms with E-state index in [1.54, 1.807) is 0 Å². The van der Waals surface area contributed by atoms with Crippen LogP contribution in [0.2, 0.25) is 0 Å². The lowest BCUT2D eigenvalue weighted by Crippen LogP contribution is -2.27. The Balaban J connectivity index is 2.08. The molecule has 0 bridgehead atoms. The van der Waals surface area contributed by atoms with Gasteiger partial charge in [-0.15, -0.1) is 0 Å². The van der Waals surface area contributed by atoms with Crippen molar-refractivity contribution in [3.8, 4) is 0 Å². The van der Waals surface area contributed by atoms with Crippen molar-refractivity contribution >= 4 is 25.0 Å². The lowest BCUT2D eigenvalue weighted by Gasteiger charge is -2.19. The van der Waals surface area contributed by atoms with Gasteiger partial charge >= 0.3 is 17.0 Å². The molecule has 1 aromatic rings. The highest BCUT2D eigenvalue weighted by Crippen LogP contribution is 2.27. The molecule has 1 saturated heterocycles. The summed E-state index contributed by atoms with van der Waals surface area (Å²) in [5.41, 5.74) is 0. The largest absolute Gasteiger partial charge is 0.347 e. The van der Waals surface area contributed by atoms with Gasteiger partial charge in [-0.1, -0.05) is 6.42 Å². The van der Waals surface area contributed by atoms with Crippen LogP contribution in [0.5, 0.6) is 0 Å². The highest BCUT2D eigenvalue weighted by atomic mass is 31.2. The van der Waals surface area contributed by atoms with Gasteiger partial charge in [-0.05, 0) is 26.4 Å². The third kappa shape index (κ3) is 2.14. The number of nitrogens with zero attached hydrogens (tertiary/aromatic N) is 4. The lowest BCUT2D eigenvalue weighted by molar-refractivity contribution is 0.600. The SMILES string of the molecule is C1CCN([p+]2npnpn2)CC1. The Morgan fingerprint density at radius 3 is 2.33 bits per heavy atom. The number of hydrogen-bond acceptors (Lipinski definition) is 4. The van der Waals surface area contributed by atoms with E-state index < -0.39 is 8.00 Å². The van der Waals surface area contributed by atoms with E-state index in [2.05, 4.69) is 18.2 Å². The minimum absolute atomic E-state index is 0.525. The average Bonchev–Trinajstić information content (AvgIpc) is 2.21. The van der Waals surface area contributed by atoms with Crippen LogP contribution >= 0.6 is 25.0 Å². The Morgan fingerprint density at radius 1 is 1.00 bits per heavy atom. The highest BCUT2D eigenvalue weighted by Gasteiger charge is 2.18. The Bertz CT molecular complexity index is 238. The Kier molecular flexibility index (Phi) is 3.30. The van der Waals surface area contributed by atoms with Gasteiger partial charge in [0.25, 0.3) is 8.00 Å². The number of aromatic nitrogens is 3. The van der Waals surface area contributed by atoms with E-state index in [1.807, 2.05) is 0 Å². The minimum atomic E-state index is -0.525. The number of hydrogen-bond donors (Lipinski definition) is 0. The average molecular weight is 219 g/mol. The van der Waals surface area contributed by atoms with Crippen molar-refractivity contribution < 1.29 is 0 Å². The van der Waals surface area contributed by atoms with Crippen molar-refractivity contribution in [2.24, 2.45) is 0 Å². The van der Waals surface area contributed by atoms with Crippen molar-refractivity contribution in [3.05, 3.63) is 0 Å². The van der Waals surface area contributed by atoms with E-state index in [-0.39, 0.29) is 0 Å². The summed E-state index contributed by atoms with van der Waals surface area (Å²) in [5, 5.41) is 0. The van der Waals surface area contributed by atoms with E-state index in [0.29, 0.717) is 0 Å². The summed E-state index contributed by atoms with van der Waals surface area (Å²) in [6.45, 7) is 2.37. The van der Waals surface area contributed by atoms with Crippen LogP contribution in [0.25, 0.3) is 0 Å². The molecule has 7 heteroatoms. The summed E-state index contributed by atoms with van der Waals surface area (Å²) in [5.74, 6) is 0. The first-order chi connectivity index (χ1) is 5.97. The smallest absolute Gasteiger partial charge is 0.182 e. The van der Waals surface area contributed by atoms with Crippen LogP contribution in [0.3, 0.4) is 0 Å². The molecule has 1 aromatic heterocycles. The second kappa shape index (κ2) is 4.48. The summed E-state index contributed by atoms with van der Waals surface area (Å²) >= 11 is 0. The predicted molar refractivity (Wildman–Crippen MR) is 53.8 cm³/mol. The fourth-order valence-electron chi connectivity index (χ4n) is 1.31. The molecule has 2 rings (SSSR count). The Hall–Kier alpha value is 0.260. The summed E-state index contributed by atoms with van der Waals surface area (Å²) in [6.07, 6.45) is 4.00. The topological polar surface area (TPSA) is 41.9 Å². The van der Waals surface area contributed by atoms with Gasteiger partial charge in [-0.2, -0.15) is 4.67 Å². The quantitative estimate of drug-likeness (QED) is 0.727. The van der Waals surface area contributed by atoms with Crippen LogP contribution in [-0.2, 0) is 0 Å². The van der Waals surface area contributed by atoms with Gasteiger partial charge in [0, 0.05) is 13.1 Å². The zero-order chi connectivity index (χ0) is 8.23. The molecule has 1 aliphatic rings. The summed E-state index contributed by atoms with van der Waals surface area (Å²) in [6, 6.07) is 0. The van der Waals surface area contributed by atoms with Gasteiger partial charge in [0.1, 0.15) is 0 Å². The van der Waals surface area contributed by atoms with E-state index >= 15 is 0 Å². The molecule has 0 amide bonds. The molecule has 0 N–H and O–H groups in total. The van der Waals surface area contributed by atoms with E-state index in [1.165, 1.54) is 32.4 Å². The zero-order valence-electron chi connectivity index (χ0n) is 6.67. The third-order valence-electron chi connectivity index (χ3n) is 1.91. The van der Waals surface area contributed by atoms with Crippen molar-refractivity contribution in [3.63, 3.8) is 0 Å². The predicted octanol–water partition coefficient (Wildman–Crippen LogP) is 2.42. The second-order valence-corrected chi connectivity index (χ2v) is 6.34. The first kappa shape index (κ1) is 8.84. The number of piperidine rings is 1. The van der Waals surface area contributed by atoms with Crippen LogP contribution in [0.4, 0.5) is 0 Å². The second-order valence-electron chi connectivity index (χ2n) is 2.73. The molecule has 0 saturated carbocycles. The van der Waals surface area contributed by atoms with Gasteiger partial charge in [0.15, 0.2) is 0 Å². The lowest BCUT2D eigenvalue weighted by atomic mass is 10.2. The monoisotopic (exact) mass is 219 g/mol. The first-order valence-electron chi connectivity index (χ1n) is 4.03. The van der Waals surface area contributed by atoms with Gasteiger partial charge < -0.3 is 0 Å². The zero-order valence-corrected chi connectivity index (χ0v) is 9.35. The number of rotatable bonds is 1. The van der Waals surface area contributed by atoms with Crippen LogP contribution in [0.15, 0.2) is 0 Å². The van der Waals surface area contributed by atoms with Crippen LogP contribution in [-0.4, -0.2) is 26.6 Å². The normalized spacial score (nSPS) is 22.2. The Labute approximate surface area is 76.2 Å². The molecule has 0 atom stereocenters. The maximum Gasteiger partial charge on any atom is 0.347 e. The molecule has 0 aliphatic carbocycles. The van der Waals surface area contributed by atoms with Crippen molar-refractivity contribution in [1.29, 1.82) is 0 Å². The minimum Gasteiger partial charge on any atom is -0.182 e. The summed E-state index contributed by atoms with van der Waals surface area (Å²) in [7, 11) is 1.24. The molecule has 1 aliphatic heterocycles. The third-order valence-corrected chi connectivity index (χ3v) is 5.37. The molecule has 0 unspecified atom stereocenters. The van der Waals surface area contributed by atoms with Crippen LogP contribution in [0, 0.1) is 0 Å². The maximum atomic E-state index is 4.38. The molecule has 0 spiro atoms. The van der Waals surface area contributed by atoms with E-state index in [0.717, 1.165) is 17.0 Å². The fraction of sp³-hybridized carbons (Fsp3) is 1.00. The van der Waals surface area contributed by atoms with E-state index in [9.17, 15) is 0 Å². The first-order valence-corrected chi connectivity index (χ1v) is 6.83. The van der Waals surface area contributed by atoms with Crippen molar-refractivity contribution in [1.82, 2.24) is 13.5 Å². The maximum absolute atomic E-state index is 4.38. The van der Waals surface area contributed by atoms with Gasteiger partial charge in [0.2, 0.25) is 0 Å². The van der Waals surface area contributed by atoms with Crippen molar-refractivity contribution in [2.45, 2.75) is 19.3 Å². The molecular formula is C5H10N4P3+. The standard InChI is InChI=1S/C5H10N4P3/c1-2-4-9(5-3-1)12-7-10-6-11-8-12/h1-5H2/q+1. The van der Waals surface area contributed by atoms with Crippen LogP contribution < -0.4 is 4.67 Å². The molecule has 0 radical (unpaired) electrons. The van der Waals surface area contributed by atoms with Crippen molar-refractivity contribution in [2.75, 3.05) is 17.8 Å². The summed E-state index contributed by atoms with van der Waals surface area (Å²) in [4.78, 5) is 0. The molecule has 12 heavy (non-hydrogen) atoms. The molecule has 2 heterocycles. The molecule has 4 nitrogen and oxygen atoms in total. The summed E-state index contributed by atoms with van der Waals surface area (Å²) < 4.78 is 15.2. The van der Waals surface area contributed by atoms with Crippen LogP contribution in [0.1, 0.15) is 19.3 Å².